The number of nitrogens with zero attached hydrogens (tertiary/aromatic N) is 1. The Labute approximate surface area is 123 Å². The summed E-state index contributed by atoms with van der Waals surface area (Å²) in [5.74, 6) is 0.286. The highest BCUT2D eigenvalue weighted by atomic mass is 32.1. The minimum absolute atomic E-state index is 0.0268. The third kappa shape index (κ3) is 3.46. The highest BCUT2D eigenvalue weighted by Gasteiger charge is 2.25. The number of carbonyl (C=O) groups is 2. The summed E-state index contributed by atoms with van der Waals surface area (Å²) in [6, 6.07) is 1.91. The first kappa shape index (κ1) is 15.2. The van der Waals surface area contributed by atoms with Gasteiger partial charge in [-0.1, -0.05) is 0 Å². The van der Waals surface area contributed by atoms with Crippen LogP contribution in [0.15, 0.2) is 6.07 Å². The van der Waals surface area contributed by atoms with Crippen molar-refractivity contribution >= 4 is 23.0 Å². The fourth-order valence-corrected chi connectivity index (χ4v) is 3.57. The Hall–Kier alpha value is -1.20. The molecule has 1 saturated heterocycles. The fraction of sp³-hybridized carbons (Fsp3) is 0.600. The molecule has 0 spiro atoms. The zero-order chi connectivity index (χ0) is 14.7. The van der Waals surface area contributed by atoms with Crippen LogP contribution in [0.1, 0.15) is 39.4 Å². The van der Waals surface area contributed by atoms with Crippen LogP contribution < -0.4 is 0 Å². The molecule has 110 valence electrons. The van der Waals surface area contributed by atoms with Gasteiger partial charge in [0.2, 0.25) is 5.91 Å². The molecule has 0 aliphatic carbocycles. The third-order valence-corrected chi connectivity index (χ3v) is 4.77. The van der Waals surface area contributed by atoms with Crippen molar-refractivity contribution in [3.8, 4) is 0 Å². The van der Waals surface area contributed by atoms with Gasteiger partial charge in [0.1, 0.15) is 0 Å². The smallest absolute Gasteiger partial charge is 0.223 e. The van der Waals surface area contributed by atoms with Crippen LogP contribution in [0.25, 0.3) is 0 Å². The van der Waals surface area contributed by atoms with Gasteiger partial charge >= 0.3 is 0 Å². The van der Waals surface area contributed by atoms with Crippen LogP contribution in [-0.4, -0.2) is 41.4 Å². The number of hydrogen-bond donors (Lipinski definition) is 1. The number of aryl methyl sites for hydroxylation is 2. The van der Waals surface area contributed by atoms with Gasteiger partial charge in [0, 0.05) is 53.8 Å². The first-order chi connectivity index (χ1) is 9.51. The topological polar surface area (TPSA) is 57.6 Å². The molecule has 0 aromatic carbocycles. The number of hydrogen-bond acceptors (Lipinski definition) is 4. The monoisotopic (exact) mass is 295 g/mol. The summed E-state index contributed by atoms with van der Waals surface area (Å²) in [4.78, 5) is 28.1. The highest BCUT2D eigenvalue weighted by Crippen LogP contribution is 2.23. The van der Waals surface area contributed by atoms with Gasteiger partial charge in [0.25, 0.3) is 0 Å². The van der Waals surface area contributed by atoms with Crippen molar-refractivity contribution in [2.45, 2.75) is 33.1 Å². The van der Waals surface area contributed by atoms with E-state index in [0.717, 1.165) is 21.7 Å². The van der Waals surface area contributed by atoms with Gasteiger partial charge in [-0.3, -0.25) is 9.59 Å². The molecule has 0 saturated carbocycles. The van der Waals surface area contributed by atoms with Gasteiger partial charge in [0.15, 0.2) is 5.78 Å². The summed E-state index contributed by atoms with van der Waals surface area (Å²) >= 11 is 1.62. The quantitative estimate of drug-likeness (QED) is 0.847. The Morgan fingerprint density at radius 1 is 1.40 bits per heavy atom. The van der Waals surface area contributed by atoms with Crippen LogP contribution in [0.2, 0.25) is 0 Å². The first-order valence-corrected chi connectivity index (χ1v) is 7.81. The number of ketones is 1. The van der Waals surface area contributed by atoms with Crippen molar-refractivity contribution in [1.82, 2.24) is 4.90 Å². The summed E-state index contributed by atoms with van der Waals surface area (Å²) < 4.78 is 0. The van der Waals surface area contributed by atoms with E-state index in [2.05, 4.69) is 0 Å². The number of carbonyl (C=O) groups excluding carboxylic acids is 2. The molecule has 20 heavy (non-hydrogen) atoms. The normalized spacial score (nSPS) is 18.6. The molecule has 5 heteroatoms. The van der Waals surface area contributed by atoms with Gasteiger partial charge < -0.3 is 10.0 Å². The van der Waals surface area contributed by atoms with Crippen LogP contribution in [0.5, 0.6) is 0 Å². The number of likely N-dealkylation sites (tertiary alicyclic amines) is 1. The zero-order valence-electron chi connectivity index (χ0n) is 12.0. The Balaban J connectivity index is 1.85. The van der Waals surface area contributed by atoms with Crippen LogP contribution in [-0.2, 0) is 4.79 Å². The van der Waals surface area contributed by atoms with E-state index in [4.69, 9.17) is 5.11 Å². The Morgan fingerprint density at radius 2 is 2.15 bits per heavy atom. The minimum atomic E-state index is 0.0268. The largest absolute Gasteiger partial charge is 0.396 e. The molecule has 1 aliphatic heterocycles. The van der Waals surface area contributed by atoms with E-state index in [1.165, 1.54) is 0 Å². The van der Waals surface area contributed by atoms with Crippen molar-refractivity contribution in [3.63, 3.8) is 0 Å². The molecular formula is C15H21NO3S. The molecule has 2 heterocycles. The van der Waals surface area contributed by atoms with E-state index in [0.29, 0.717) is 13.1 Å². The second-order valence-corrected chi connectivity index (χ2v) is 6.89. The molecule has 1 aliphatic rings. The molecule has 1 atom stereocenters. The molecule has 1 fully saturated rings. The lowest BCUT2D eigenvalue weighted by molar-refractivity contribution is -0.130. The molecule has 1 N–H and O–H groups in total. The predicted molar refractivity (Wildman–Crippen MR) is 79.1 cm³/mol. The van der Waals surface area contributed by atoms with Crippen LogP contribution >= 0.6 is 11.3 Å². The lowest BCUT2D eigenvalue weighted by Gasteiger charge is -2.15. The lowest BCUT2D eigenvalue weighted by atomic mass is 10.1. The van der Waals surface area contributed by atoms with Crippen molar-refractivity contribution in [1.29, 1.82) is 0 Å². The summed E-state index contributed by atoms with van der Waals surface area (Å²) in [6.07, 6.45) is 1.40. The van der Waals surface area contributed by atoms with Gasteiger partial charge in [-0.2, -0.15) is 0 Å². The van der Waals surface area contributed by atoms with E-state index in [1.807, 2.05) is 19.9 Å². The van der Waals surface area contributed by atoms with E-state index in [-0.39, 0.29) is 37.1 Å². The number of Topliss-reactive ketones (excluding diaryl/α,β-unsaturated/α-hetero) is 1. The maximum absolute atomic E-state index is 12.1. The van der Waals surface area contributed by atoms with Gasteiger partial charge in [0.05, 0.1) is 0 Å². The Kier molecular flexibility index (Phi) is 4.94. The number of amides is 1. The summed E-state index contributed by atoms with van der Waals surface area (Å²) in [6.45, 7) is 5.39. The number of aliphatic hydroxyl groups excluding tert-OH is 1. The highest BCUT2D eigenvalue weighted by molar-refractivity contribution is 7.12. The second-order valence-electron chi connectivity index (χ2n) is 5.43. The first-order valence-electron chi connectivity index (χ1n) is 7.00. The molecular weight excluding hydrogens is 274 g/mol. The average molecular weight is 295 g/mol. The van der Waals surface area contributed by atoms with Crippen molar-refractivity contribution in [2.75, 3.05) is 19.7 Å². The van der Waals surface area contributed by atoms with Crippen molar-refractivity contribution < 1.29 is 14.7 Å². The zero-order valence-corrected chi connectivity index (χ0v) is 12.8. The lowest BCUT2D eigenvalue weighted by Crippen LogP contribution is -2.29. The van der Waals surface area contributed by atoms with Crippen molar-refractivity contribution in [2.24, 2.45) is 5.92 Å². The van der Waals surface area contributed by atoms with E-state index >= 15 is 0 Å². The molecule has 1 unspecified atom stereocenters. The van der Waals surface area contributed by atoms with Crippen molar-refractivity contribution in [3.05, 3.63) is 21.4 Å². The molecule has 1 aromatic rings. The predicted octanol–water partition coefficient (Wildman–Crippen LogP) is 2.17. The third-order valence-electron chi connectivity index (χ3n) is 3.80. The maximum atomic E-state index is 12.1. The molecule has 2 rings (SSSR count). The molecule has 1 aromatic heterocycles. The number of aliphatic hydroxyl groups is 1. The van der Waals surface area contributed by atoms with Gasteiger partial charge in [-0.05, 0) is 26.3 Å². The van der Waals surface area contributed by atoms with Crippen LogP contribution in [0.4, 0.5) is 0 Å². The van der Waals surface area contributed by atoms with Crippen LogP contribution in [0, 0.1) is 19.8 Å². The van der Waals surface area contributed by atoms with Gasteiger partial charge in [-0.25, -0.2) is 0 Å². The molecule has 0 radical (unpaired) electrons. The molecule has 4 nitrogen and oxygen atoms in total. The summed E-state index contributed by atoms with van der Waals surface area (Å²) in [7, 11) is 0. The maximum Gasteiger partial charge on any atom is 0.223 e. The SMILES string of the molecule is Cc1cc(C(=O)CCC(=O)N2CCC(CO)C2)c(C)s1. The van der Waals surface area contributed by atoms with E-state index < -0.39 is 0 Å². The minimum Gasteiger partial charge on any atom is -0.396 e. The van der Waals surface area contributed by atoms with E-state index in [1.54, 1.807) is 16.2 Å². The standard InChI is InChI=1S/C15H21NO3S/c1-10-7-13(11(2)20-10)14(18)3-4-15(19)16-6-5-12(8-16)9-17/h7,12,17H,3-6,8-9H2,1-2H3. The van der Waals surface area contributed by atoms with Crippen LogP contribution in [0.3, 0.4) is 0 Å². The summed E-state index contributed by atoms with van der Waals surface area (Å²) in [5.41, 5.74) is 0.759. The number of rotatable bonds is 5. The average Bonchev–Trinajstić information content (AvgIpc) is 3.02. The molecule has 1 amide bonds. The molecule has 0 bridgehead atoms. The van der Waals surface area contributed by atoms with E-state index in [9.17, 15) is 9.59 Å². The second kappa shape index (κ2) is 6.50. The van der Waals surface area contributed by atoms with Gasteiger partial charge in [-0.15, -0.1) is 11.3 Å². The number of thiophene rings is 1. The fourth-order valence-electron chi connectivity index (χ4n) is 2.63. The Bertz CT molecular complexity index is 509. The summed E-state index contributed by atoms with van der Waals surface area (Å²) in [5, 5.41) is 9.07. The Morgan fingerprint density at radius 3 is 2.70 bits per heavy atom.